The second-order valence-electron chi connectivity index (χ2n) is 6.47. The van der Waals surface area contributed by atoms with Gasteiger partial charge in [-0.25, -0.2) is 4.98 Å². The Bertz CT molecular complexity index is 1210. The molecule has 0 aliphatic carbocycles. The molecule has 2 aromatic heterocycles. The number of carbonyl (C=O) groups is 2. The molecule has 4 aromatic rings. The molecular formula is C20H17BrN6O2S2. The van der Waals surface area contributed by atoms with Crippen LogP contribution in [0.2, 0.25) is 0 Å². The van der Waals surface area contributed by atoms with Crippen LogP contribution in [0.4, 0.5) is 5.13 Å². The molecule has 0 bridgehead atoms. The molecule has 158 valence electrons. The summed E-state index contributed by atoms with van der Waals surface area (Å²) in [5.74, 6) is 0.407. The van der Waals surface area contributed by atoms with E-state index in [9.17, 15) is 9.59 Å². The molecule has 2 aromatic carbocycles. The maximum absolute atomic E-state index is 12.3. The van der Waals surface area contributed by atoms with Gasteiger partial charge in [0.2, 0.25) is 5.91 Å². The van der Waals surface area contributed by atoms with E-state index in [0.29, 0.717) is 21.7 Å². The van der Waals surface area contributed by atoms with Crippen LogP contribution in [0, 0.1) is 0 Å². The van der Waals surface area contributed by atoms with Crippen molar-refractivity contribution in [2.75, 3.05) is 11.1 Å². The van der Waals surface area contributed by atoms with E-state index in [1.54, 1.807) is 23.7 Å². The number of hydrogen-bond acceptors (Lipinski definition) is 7. The highest BCUT2D eigenvalue weighted by Gasteiger charge is 2.14. The summed E-state index contributed by atoms with van der Waals surface area (Å²) in [5.41, 5.74) is 1.42. The first-order valence-corrected chi connectivity index (χ1v) is 11.8. The van der Waals surface area contributed by atoms with Crippen LogP contribution in [0.1, 0.15) is 16.2 Å². The number of benzene rings is 2. The van der Waals surface area contributed by atoms with Crippen LogP contribution < -0.4 is 10.6 Å². The van der Waals surface area contributed by atoms with E-state index in [4.69, 9.17) is 0 Å². The highest BCUT2D eigenvalue weighted by atomic mass is 79.9. The predicted molar refractivity (Wildman–Crippen MR) is 125 cm³/mol. The van der Waals surface area contributed by atoms with Crippen LogP contribution in [0.25, 0.3) is 10.2 Å². The zero-order valence-corrected chi connectivity index (χ0v) is 19.6. The Balaban J connectivity index is 1.30. The van der Waals surface area contributed by atoms with Gasteiger partial charge in [0.25, 0.3) is 5.91 Å². The molecule has 0 radical (unpaired) electrons. The van der Waals surface area contributed by atoms with Gasteiger partial charge in [-0.15, -0.1) is 10.2 Å². The molecule has 0 atom stereocenters. The zero-order valence-electron chi connectivity index (χ0n) is 16.3. The number of thioether (sulfide) groups is 1. The number of para-hydroxylation sites is 1. The number of anilines is 1. The first-order valence-electron chi connectivity index (χ1n) is 9.20. The lowest BCUT2D eigenvalue weighted by molar-refractivity contribution is -0.113. The molecule has 2 amide bonds. The maximum atomic E-state index is 12.3. The van der Waals surface area contributed by atoms with Gasteiger partial charge in [-0.1, -0.05) is 51.2 Å². The molecule has 8 nitrogen and oxygen atoms in total. The number of thiazole rings is 1. The largest absolute Gasteiger partial charge is 0.345 e. The Hall–Kier alpha value is -2.76. The molecule has 0 unspecified atom stereocenters. The van der Waals surface area contributed by atoms with E-state index in [-0.39, 0.29) is 24.1 Å². The lowest BCUT2D eigenvalue weighted by atomic mass is 10.2. The Morgan fingerprint density at radius 1 is 1.13 bits per heavy atom. The molecule has 0 fully saturated rings. The number of nitrogens with zero attached hydrogens (tertiary/aromatic N) is 4. The average Bonchev–Trinajstić information content (AvgIpc) is 3.33. The summed E-state index contributed by atoms with van der Waals surface area (Å²) < 4.78 is 3.69. The number of rotatable bonds is 7. The van der Waals surface area contributed by atoms with Crippen molar-refractivity contribution < 1.29 is 9.59 Å². The van der Waals surface area contributed by atoms with E-state index >= 15 is 0 Å². The molecule has 0 aliphatic rings. The molecule has 11 heteroatoms. The third kappa shape index (κ3) is 5.30. The Labute approximate surface area is 194 Å². The molecule has 0 saturated carbocycles. The van der Waals surface area contributed by atoms with Gasteiger partial charge in [0.1, 0.15) is 0 Å². The number of nitrogens with one attached hydrogen (secondary N) is 2. The predicted octanol–water partition coefficient (Wildman–Crippen LogP) is 3.85. The van der Waals surface area contributed by atoms with E-state index in [1.807, 2.05) is 36.4 Å². The molecule has 0 aliphatic heterocycles. The Morgan fingerprint density at radius 2 is 1.90 bits per heavy atom. The van der Waals surface area contributed by atoms with Crippen molar-refractivity contribution >= 4 is 66.2 Å². The van der Waals surface area contributed by atoms with Gasteiger partial charge < -0.3 is 15.2 Å². The second-order valence-corrected chi connectivity index (χ2v) is 9.36. The minimum Gasteiger partial charge on any atom is -0.345 e. The zero-order chi connectivity index (χ0) is 21.8. The summed E-state index contributed by atoms with van der Waals surface area (Å²) in [4.78, 5) is 28.9. The quantitative estimate of drug-likeness (QED) is 0.361. The Kier molecular flexibility index (Phi) is 6.64. The molecule has 4 rings (SSSR count). The smallest absolute Gasteiger partial charge is 0.251 e. The lowest BCUT2D eigenvalue weighted by Gasteiger charge is -2.06. The normalized spacial score (nSPS) is 10.9. The third-order valence-electron chi connectivity index (χ3n) is 4.31. The van der Waals surface area contributed by atoms with E-state index in [1.165, 1.54) is 23.1 Å². The second kappa shape index (κ2) is 9.58. The lowest BCUT2D eigenvalue weighted by Crippen LogP contribution is -2.24. The number of carbonyl (C=O) groups excluding carboxylic acids is 2. The monoisotopic (exact) mass is 516 g/mol. The standard InChI is InChI=1S/C20H17BrN6O2S2/c1-27-16(10-22-18(29)12-6-8-13(21)9-7-12)25-26-20(27)30-11-17(28)24-19-23-14-4-2-3-5-15(14)31-19/h2-9H,10-11H2,1H3,(H,22,29)(H,23,24,28). The SMILES string of the molecule is Cn1c(CNC(=O)c2ccc(Br)cc2)nnc1SCC(=O)Nc1nc2ccccc2s1. The fourth-order valence-electron chi connectivity index (χ4n) is 2.70. The Morgan fingerprint density at radius 3 is 2.68 bits per heavy atom. The maximum Gasteiger partial charge on any atom is 0.251 e. The van der Waals surface area contributed by atoms with Gasteiger partial charge >= 0.3 is 0 Å². The van der Waals surface area contributed by atoms with Crippen molar-refractivity contribution in [3.8, 4) is 0 Å². The topological polar surface area (TPSA) is 102 Å². The van der Waals surface area contributed by atoms with Crippen molar-refractivity contribution in [3.63, 3.8) is 0 Å². The summed E-state index contributed by atoms with van der Waals surface area (Å²) in [6, 6.07) is 14.8. The van der Waals surface area contributed by atoms with E-state index < -0.39 is 0 Å². The average molecular weight is 517 g/mol. The van der Waals surface area contributed by atoms with E-state index in [2.05, 4.69) is 41.7 Å². The van der Waals surface area contributed by atoms with Crippen LogP contribution in [-0.4, -0.2) is 37.3 Å². The fourth-order valence-corrected chi connectivity index (χ4v) is 4.57. The van der Waals surface area contributed by atoms with Gasteiger partial charge in [-0.3, -0.25) is 9.59 Å². The highest BCUT2D eigenvalue weighted by Crippen LogP contribution is 2.25. The van der Waals surface area contributed by atoms with Crippen LogP contribution in [0.15, 0.2) is 58.2 Å². The van der Waals surface area contributed by atoms with Crippen molar-refractivity contribution in [1.82, 2.24) is 25.1 Å². The first-order chi connectivity index (χ1) is 15.0. The van der Waals surface area contributed by atoms with Gasteiger partial charge in [-0.2, -0.15) is 0 Å². The van der Waals surface area contributed by atoms with Crippen LogP contribution >= 0.6 is 39.0 Å². The third-order valence-corrected chi connectivity index (χ3v) is 6.81. The number of halogens is 1. The molecule has 2 heterocycles. The van der Waals surface area contributed by atoms with Crippen molar-refractivity contribution in [2.24, 2.45) is 7.05 Å². The van der Waals surface area contributed by atoms with E-state index in [0.717, 1.165) is 14.7 Å². The summed E-state index contributed by atoms with van der Waals surface area (Å²) >= 11 is 6.05. The fraction of sp³-hybridized carbons (Fsp3) is 0.150. The van der Waals surface area contributed by atoms with Crippen molar-refractivity contribution in [2.45, 2.75) is 11.7 Å². The number of amides is 2. The highest BCUT2D eigenvalue weighted by molar-refractivity contribution is 9.10. The minimum atomic E-state index is -0.195. The van der Waals surface area contributed by atoms with Crippen LogP contribution in [-0.2, 0) is 18.4 Å². The molecular weight excluding hydrogens is 500 g/mol. The van der Waals surface area contributed by atoms with Crippen LogP contribution in [0.3, 0.4) is 0 Å². The number of aromatic nitrogens is 4. The molecule has 0 spiro atoms. The summed E-state index contributed by atoms with van der Waals surface area (Å²) in [5, 5.41) is 15.0. The van der Waals surface area contributed by atoms with Crippen LogP contribution in [0.5, 0.6) is 0 Å². The summed E-state index contributed by atoms with van der Waals surface area (Å²) in [6.45, 7) is 0.233. The molecule has 0 saturated heterocycles. The number of fused-ring (bicyclic) bond motifs is 1. The van der Waals surface area contributed by atoms with Gasteiger partial charge in [0.15, 0.2) is 16.1 Å². The molecule has 2 N–H and O–H groups in total. The summed E-state index contributed by atoms with van der Waals surface area (Å²) in [6.07, 6.45) is 0. The van der Waals surface area contributed by atoms with Gasteiger partial charge in [0.05, 0.1) is 22.5 Å². The molecule has 31 heavy (non-hydrogen) atoms. The summed E-state index contributed by atoms with van der Waals surface area (Å²) in [7, 11) is 1.80. The minimum absolute atomic E-state index is 0.169. The first kappa shape index (κ1) is 21.5. The van der Waals surface area contributed by atoms with Gasteiger partial charge in [-0.05, 0) is 36.4 Å². The van der Waals surface area contributed by atoms with Crippen molar-refractivity contribution in [1.29, 1.82) is 0 Å². The van der Waals surface area contributed by atoms with Crippen molar-refractivity contribution in [3.05, 3.63) is 64.4 Å². The van der Waals surface area contributed by atoms with Gasteiger partial charge in [0, 0.05) is 17.1 Å². The number of hydrogen-bond donors (Lipinski definition) is 2.